The number of likely N-dealkylation sites (tertiary alicyclic amines) is 2. The summed E-state index contributed by atoms with van der Waals surface area (Å²) < 4.78 is 5.68. The molecule has 1 aliphatic carbocycles. The van der Waals surface area contributed by atoms with Gasteiger partial charge in [0.25, 0.3) is 0 Å². The predicted octanol–water partition coefficient (Wildman–Crippen LogP) is 0.903. The molecule has 0 bridgehead atoms. The van der Waals surface area contributed by atoms with Crippen LogP contribution in [0.3, 0.4) is 0 Å². The van der Waals surface area contributed by atoms with Gasteiger partial charge in [-0.05, 0) is 31.6 Å². The highest BCUT2D eigenvalue weighted by Crippen LogP contribution is 2.37. The average molecular weight is 350 g/mol. The molecule has 2 heterocycles. The van der Waals surface area contributed by atoms with Gasteiger partial charge in [0.2, 0.25) is 11.8 Å². The van der Waals surface area contributed by atoms with E-state index in [4.69, 9.17) is 4.74 Å². The SMILES string of the molecule is C=CCOC[C@@H]1CN(C)C(=O)[C@H]2CCN(C(=O)C3CC(O)C3)CC[C@@H]12. The van der Waals surface area contributed by atoms with E-state index < -0.39 is 0 Å². The van der Waals surface area contributed by atoms with Crippen molar-refractivity contribution in [2.75, 3.05) is 39.9 Å². The molecule has 2 amide bonds. The van der Waals surface area contributed by atoms with Crippen LogP contribution < -0.4 is 0 Å². The van der Waals surface area contributed by atoms with E-state index in [1.807, 2.05) is 16.8 Å². The highest BCUT2D eigenvalue weighted by atomic mass is 16.5. The zero-order valence-corrected chi connectivity index (χ0v) is 15.1. The Morgan fingerprint density at radius 1 is 1.36 bits per heavy atom. The van der Waals surface area contributed by atoms with Crippen LogP contribution in [0.15, 0.2) is 12.7 Å². The summed E-state index contributed by atoms with van der Waals surface area (Å²) in [5, 5.41) is 9.45. The first kappa shape index (κ1) is 18.4. The molecule has 3 atom stereocenters. The van der Waals surface area contributed by atoms with Crippen LogP contribution in [0.4, 0.5) is 0 Å². The van der Waals surface area contributed by atoms with Crippen molar-refractivity contribution >= 4 is 11.8 Å². The van der Waals surface area contributed by atoms with Gasteiger partial charge in [-0.3, -0.25) is 9.59 Å². The second-order valence-corrected chi connectivity index (χ2v) is 7.80. The van der Waals surface area contributed by atoms with Crippen molar-refractivity contribution in [1.29, 1.82) is 0 Å². The number of aliphatic hydroxyl groups excluding tert-OH is 1. The molecule has 2 aliphatic heterocycles. The fourth-order valence-corrected chi connectivity index (χ4v) is 4.61. The Hall–Kier alpha value is -1.40. The summed E-state index contributed by atoms with van der Waals surface area (Å²) in [6.07, 6.45) is 4.18. The van der Waals surface area contributed by atoms with Crippen molar-refractivity contribution in [3.8, 4) is 0 Å². The largest absolute Gasteiger partial charge is 0.393 e. The first-order chi connectivity index (χ1) is 12.0. The smallest absolute Gasteiger partial charge is 0.225 e. The maximum atomic E-state index is 12.6. The number of aliphatic hydroxyl groups is 1. The lowest BCUT2D eigenvalue weighted by Crippen LogP contribution is -2.50. The molecular formula is C19H30N2O4. The molecule has 1 N–H and O–H groups in total. The normalized spacial score (nSPS) is 35.6. The molecule has 0 radical (unpaired) electrons. The van der Waals surface area contributed by atoms with Crippen LogP contribution >= 0.6 is 0 Å². The van der Waals surface area contributed by atoms with Crippen LogP contribution in [-0.2, 0) is 14.3 Å². The first-order valence-corrected chi connectivity index (χ1v) is 9.41. The minimum atomic E-state index is -0.315. The zero-order valence-electron chi connectivity index (χ0n) is 15.1. The lowest BCUT2D eigenvalue weighted by molar-refractivity contribution is -0.144. The van der Waals surface area contributed by atoms with Crippen molar-refractivity contribution in [2.45, 2.75) is 31.8 Å². The Bertz CT molecular complexity index is 518. The van der Waals surface area contributed by atoms with E-state index in [0.717, 1.165) is 19.4 Å². The number of carbonyl (C=O) groups excluding carboxylic acids is 2. The molecule has 6 nitrogen and oxygen atoms in total. The number of nitrogens with zero attached hydrogens (tertiary/aromatic N) is 2. The molecule has 25 heavy (non-hydrogen) atoms. The Kier molecular flexibility index (Phi) is 5.79. The van der Waals surface area contributed by atoms with E-state index in [-0.39, 0.29) is 35.7 Å². The van der Waals surface area contributed by atoms with Gasteiger partial charge in [-0.15, -0.1) is 6.58 Å². The first-order valence-electron chi connectivity index (χ1n) is 9.41. The van der Waals surface area contributed by atoms with Crippen LogP contribution in [0.5, 0.6) is 0 Å². The molecule has 3 fully saturated rings. The predicted molar refractivity (Wildman–Crippen MR) is 93.7 cm³/mol. The van der Waals surface area contributed by atoms with Crippen LogP contribution in [0.25, 0.3) is 0 Å². The van der Waals surface area contributed by atoms with Crippen LogP contribution in [-0.4, -0.2) is 72.7 Å². The maximum Gasteiger partial charge on any atom is 0.225 e. The van der Waals surface area contributed by atoms with E-state index in [1.165, 1.54) is 0 Å². The molecule has 1 saturated carbocycles. The third-order valence-corrected chi connectivity index (χ3v) is 6.11. The molecule has 0 aromatic heterocycles. The summed E-state index contributed by atoms with van der Waals surface area (Å²) >= 11 is 0. The molecule has 140 valence electrons. The summed E-state index contributed by atoms with van der Waals surface area (Å²) in [6.45, 7) is 6.92. The number of fused-ring (bicyclic) bond motifs is 1. The second-order valence-electron chi connectivity index (χ2n) is 7.80. The monoisotopic (exact) mass is 350 g/mol. The highest BCUT2D eigenvalue weighted by Gasteiger charge is 2.44. The lowest BCUT2D eigenvalue weighted by Gasteiger charge is -2.41. The molecular weight excluding hydrogens is 320 g/mol. The quantitative estimate of drug-likeness (QED) is 0.591. The third-order valence-electron chi connectivity index (χ3n) is 6.11. The molecule has 0 aromatic carbocycles. The van der Waals surface area contributed by atoms with Gasteiger partial charge in [0.05, 0.1) is 19.3 Å². The van der Waals surface area contributed by atoms with Crippen molar-refractivity contribution < 1.29 is 19.4 Å². The molecule has 0 spiro atoms. The van der Waals surface area contributed by atoms with Gasteiger partial charge in [-0.1, -0.05) is 6.08 Å². The van der Waals surface area contributed by atoms with Crippen molar-refractivity contribution in [1.82, 2.24) is 9.80 Å². The fraction of sp³-hybridized carbons (Fsp3) is 0.789. The van der Waals surface area contributed by atoms with Gasteiger partial charge in [0, 0.05) is 44.4 Å². The van der Waals surface area contributed by atoms with Gasteiger partial charge in [0.1, 0.15) is 0 Å². The second kappa shape index (κ2) is 7.87. The number of rotatable bonds is 5. The molecule has 6 heteroatoms. The number of hydrogen-bond donors (Lipinski definition) is 1. The number of carbonyl (C=O) groups is 2. The van der Waals surface area contributed by atoms with E-state index in [1.54, 1.807) is 6.08 Å². The highest BCUT2D eigenvalue weighted by molar-refractivity contribution is 5.81. The van der Waals surface area contributed by atoms with Crippen LogP contribution in [0, 0.1) is 23.7 Å². The van der Waals surface area contributed by atoms with Gasteiger partial charge >= 0.3 is 0 Å². The Morgan fingerprint density at radius 2 is 2.08 bits per heavy atom. The number of hydrogen-bond acceptors (Lipinski definition) is 4. The minimum absolute atomic E-state index is 0.0131. The van der Waals surface area contributed by atoms with E-state index in [0.29, 0.717) is 45.1 Å². The fourth-order valence-electron chi connectivity index (χ4n) is 4.61. The van der Waals surface area contributed by atoms with Gasteiger partial charge in [0.15, 0.2) is 0 Å². The molecule has 2 saturated heterocycles. The standard InChI is InChI=1S/C19H30N2O4/c1-3-8-25-12-14-11-20(2)19(24)17-5-7-21(6-4-16(14)17)18(23)13-9-15(22)10-13/h3,13-17,22H,1,4-12H2,2H3/t13?,14-,15?,16-,17-/m0/s1. The van der Waals surface area contributed by atoms with Gasteiger partial charge in [-0.25, -0.2) is 0 Å². The number of amides is 2. The molecule has 3 rings (SSSR count). The number of ether oxygens (including phenoxy) is 1. The third kappa shape index (κ3) is 3.90. The summed E-state index contributed by atoms with van der Waals surface area (Å²) in [5.74, 6) is 0.912. The summed E-state index contributed by atoms with van der Waals surface area (Å²) in [5.41, 5.74) is 0. The Morgan fingerprint density at radius 3 is 2.76 bits per heavy atom. The summed E-state index contributed by atoms with van der Waals surface area (Å²) in [4.78, 5) is 29.0. The summed E-state index contributed by atoms with van der Waals surface area (Å²) in [6, 6.07) is 0. The van der Waals surface area contributed by atoms with E-state index in [9.17, 15) is 14.7 Å². The Balaban J connectivity index is 1.65. The molecule has 0 aromatic rings. The minimum Gasteiger partial charge on any atom is -0.393 e. The van der Waals surface area contributed by atoms with Gasteiger partial charge < -0.3 is 19.6 Å². The van der Waals surface area contributed by atoms with E-state index >= 15 is 0 Å². The van der Waals surface area contributed by atoms with Crippen LogP contribution in [0.1, 0.15) is 25.7 Å². The van der Waals surface area contributed by atoms with Crippen molar-refractivity contribution in [2.24, 2.45) is 23.7 Å². The number of piperidine rings is 1. The lowest BCUT2D eigenvalue weighted by atomic mass is 9.75. The molecule has 0 unspecified atom stereocenters. The zero-order chi connectivity index (χ0) is 18.0. The maximum absolute atomic E-state index is 12.6. The topological polar surface area (TPSA) is 70.1 Å². The Labute approximate surface area is 149 Å². The van der Waals surface area contributed by atoms with E-state index in [2.05, 4.69) is 6.58 Å². The van der Waals surface area contributed by atoms with Crippen LogP contribution in [0.2, 0.25) is 0 Å². The molecule has 3 aliphatic rings. The van der Waals surface area contributed by atoms with Gasteiger partial charge in [-0.2, -0.15) is 0 Å². The van der Waals surface area contributed by atoms with Crippen molar-refractivity contribution in [3.05, 3.63) is 12.7 Å². The summed E-state index contributed by atoms with van der Waals surface area (Å²) in [7, 11) is 1.86. The average Bonchev–Trinajstić information content (AvgIpc) is 2.79. The van der Waals surface area contributed by atoms with Crippen molar-refractivity contribution in [3.63, 3.8) is 0 Å².